The van der Waals surface area contributed by atoms with Crippen molar-refractivity contribution in [2.75, 3.05) is 18.2 Å². The number of rotatable bonds is 3. The average Bonchev–Trinajstić information content (AvgIpc) is 2.41. The second-order valence-corrected chi connectivity index (χ2v) is 3.36. The summed E-state index contributed by atoms with van der Waals surface area (Å²) in [5.41, 5.74) is 6.94. The van der Waals surface area contributed by atoms with Crippen LogP contribution in [-0.4, -0.2) is 28.0 Å². The molecule has 18 heavy (non-hydrogen) atoms. The van der Waals surface area contributed by atoms with Crippen molar-refractivity contribution < 1.29 is 9.53 Å². The Morgan fingerprint density at radius 1 is 1.39 bits per heavy atom. The summed E-state index contributed by atoms with van der Waals surface area (Å²) in [5, 5.41) is 2.92. The van der Waals surface area contributed by atoms with E-state index in [1.807, 2.05) is 0 Å². The summed E-state index contributed by atoms with van der Waals surface area (Å²) >= 11 is 0. The Hall–Kier alpha value is -2.70. The number of anilines is 3. The van der Waals surface area contributed by atoms with Crippen LogP contribution < -0.4 is 11.1 Å². The summed E-state index contributed by atoms with van der Waals surface area (Å²) in [6.45, 7) is 0. The van der Waals surface area contributed by atoms with Gasteiger partial charge in [0.05, 0.1) is 36.4 Å². The zero-order chi connectivity index (χ0) is 13.0. The van der Waals surface area contributed by atoms with Crippen LogP contribution in [0.2, 0.25) is 0 Å². The Bertz CT molecular complexity index is 559. The minimum Gasteiger partial charge on any atom is -0.465 e. The molecule has 0 amide bonds. The van der Waals surface area contributed by atoms with Gasteiger partial charge in [0, 0.05) is 6.20 Å². The number of hydrogen-bond donors (Lipinski definition) is 2. The number of esters is 1. The van der Waals surface area contributed by atoms with Gasteiger partial charge in [0.15, 0.2) is 5.82 Å². The maximum atomic E-state index is 11.5. The van der Waals surface area contributed by atoms with Gasteiger partial charge in [0.25, 0.3) is 0 Å². The van der Waals surface area contributed by atoms with E-state index in [0.717, 1.165) is 0 Å². The van der Waals surface area contributed by atoms with Gasteiger partial charge < -0.3 is 15.8 Å². The molecule has 0 unspecified atom stereocenters. The van der Waals surface area contributed by atoms with Gasteiger partial charge in [-0.3, -0.25) is 0 Å². The number of nitrogens with two attached hydrogens (primary N) is 1. The number of nitrogens with one attached hydrogen (secondary N) is 1. The summed E-state index contributed by atoms with van der Waals surface area (Å²) in [7, 11) is 1.29. The van der Waals surface area contributed by atoms with Crippen molar-refractivity contribution in [1.82, 2.24) is 15.0 Å². The SMILES string of the molecule is COC(=O)c1ccnc(Nc2cncnc2)c1N. The van der Waals surface area contributed by atoms with E-state index in [1.54, 1.807) is 12.4 Å². The summed E-state index contributed by atoms with van der Waals surface area (Å²) in [4.78, 5) is 23.2. The van der Waals surface area contributed by atoms with E-state index >= 15 is 0 Å². The van der Waals surface area contributed by atoms with Crippen LogP contribution in [0.1, 0.15) is 10.4 Å². The summed E-state index contributed by atoms with van der Waals surface area (Å²) in [6.07, 6.45) is 6.01. The molecule has 92 valence electrons. The van der Waals surface area contributed by atoms with Crippen molar-refractivity contribution in [1.29, 1.82) is 0 Å². The Morgan fingerprint density at radius 3 is 2.78 bits per heavy atom. The molecule has 7 heteroatoms. The Balaban J connectivity index is 2.32. The third kappa shape index (κ3) is 2.34. The number of nitrogen functional groups attached to an aromatic ring is 1. The number of methoxy groups -OCH3 is 1. The van der Waals surface area contributed by atoms with Gasteiger partial charge >= 0.3 is 5.97 Å². The number of pyridine rings is 1. The summed E-state index contributed by atoms with van der Waals surface area (Å²) in [5.74, 6) is -0.157. The lowest BCUT2D eigenvalue weighted by molar-refractivity contribution is 0.0602. The molecule has 0 atom stereocenters. The summed E-state index contributed by atoms with van der Waals surface area (Å²) < 4.78 is 4.62. The van der Waals surface area contributed by atoms with Crippen molar-refractivity contribution in [3.05, 3.63) is 36.5 Å². The molecule has 0 fully saturated rings. The van der Waals surface area contributed by atoms with E-state index in [1.165, 1.54) is 25.7 Å². The highest BCUT2D eigenvalue weighted by Crippen LogP contribution is 2.23. The fourth-order valence-corrected chi connectivity index (χ4v) is 1.36. The van der Waals surface area contributed by atoms with Crippen LogP contribution in [0.4, 0.5) is 17.2 Å². The average molecular weight is 245 g/mol. The number of carbonyl (C=O) groups excluding carboxylic acids is 1. The first-order chi connectivity index (χ1) is 8.72. The fourth-order valence-electron chi connectivity index (χ4n) is 1.36. The maximum Gasteiger partial charge on any atom is 0.340 e. The second-order valence-electron chi connectivity index (χ2n) is 3.36. The molecule has 0 radical (unpaired) electrons. The second kappa shape index (κ2) is 5.09. The van der Waals surface area contributed by atoms with E-state index in [2.05, 4.69) is 25.0 Å². The van der Waals surface area contributed by atoms with Gasteiger partial charge in [0.1, 0.15) is 6.33 Å². The van der Waals surface area contributed by atoms with E-state index in [9.17, 15) is 4.79 Å². The van der Waals surface area contributed by atoms with Crippen LogP contribution in [0.25, 0.3) is 0 Å². The maximum absolute atomic E-state index is 11.5. The van der Waals surface area contributed by atoms with Crippen LogP contribution in [-0.2, 0) is 4.74 Å². The molecule has 3 N–H and O–H groups in total. The van der Waals surface area contributed by atoms with E-state index in [-0.39, 0.29) is 11.3 Å². The van der Waals surface area contributed by atoms with Crippen molar-refractivity contribution >= 4 is 23.2 Å². The Morgan fingerprint density at radius 2 is 2.11 bits per heavy atom. The van der Waals surface area contributed by atoms with Gasteiger partial charge in [-0.2, -0.15) is 0 Å². The molecule has 0 aliphatic rings. The first kappa shape index (κ1) is 11.8. The highest BCUT2D eigenvalue weighted by atomic mass is 16.5. The van der Waals surface area contributed by atoms with Crippen LogP contribution in [0.5, 0.6) is 0 Å². The zero-order valence-corrected chi connectivity index (χ0v) is 9.62. The third-order valence-corrected chi connectivity index (χ3v) is 2.22. The standard InChI is InChI=1S/C11H11N5O2/c1-18-11(17)8-2-3-15-10(9(8)12)16-7-4-13-6-14-5-7/h2-6H,12H2,1H3,(H,15,16). The number of hydrogen-bond acceptors (Lipinski definition) is 7. The highest BCUT2D eigenvalue weighted by molar-refractivity contribution is 5.97. The van der Waals surface area contributed by atoms with Gasteiger partial charge in [-0.1, -0.05) is 0 Å². The molecule has 0 aromatic carbocycles. The normalized spacial score (nSPS) is 9.83. The van der Waals surface area contributed by atoms with Crippen LogP contribution >= 0.6 is 0 Å². The lowest BCUT2D eigenvalue weighted by atomic mass is 10.2. The smallest absolute Gasteiger partial charge is 0.340 e. The number of ether oxygens (including phenoxy) is 1. The van der Waals surface area contributed by atoms with Crippen LogP contribution in [0, 0.1) is 0 Å². The molecule has 0 aliphatic heterocycles. The molecule has 0 spiro atoms. The molecule has 0 aliphatic carbocycles. The number of aromatic nitrogens is 3. The first-order valence-electron chi connectivity index (χ1n) is 5.07. The van der Waals surface area contributed by atoms with Crippen molar-refractivity contribution in [2.45, 2.75) is 0 Å². The minimum absolute atomic E-state index is 0.216. The van der Waals surface area contributed by atoms with E-state index in [4.69, 9.17) is 5.73 Å². The van der Waals surface area contributed by atoms with Gasteiger partial charge in [-0.25, -0.2) is 19.7 Å². The van der Waals surface area contributed by atoms with E-state index in [0.29, 0.717) is 11.5 Å². The molecular formula is C11H11N5O2. The molecule has 2 aromatic heterocycles. The van der Waals surface area contributed by atoms with Gasteiger partial charge in [-0.15, -0.1) is 0 Å². The monoisotopic (exact) mass is 245 g/mol. The van der Waals surface area contributed by atoms with Crippen molar-refractivity contribution in [3.8, 4) is 0 Å². The van der Waals surface area contributed by atoms with Gasteiger partial charge in [-0.05, 0) is 6.07 Å². The molecule has 0 saturated carbocycles. The topological polar surface area (TPSA) is 103 Å². The van der Waals surface area contributed by atoms with Gasteiger partial charge in [0.2, 0.25) is 0 Å². The molecular weight excluding hydrogens is 234 g/mol. The minimum atomic E-state index is -0.512. The fraction of sp³-hybridized carbons (Fsp3) is 0.0909. The number of nitrogens with zero attached hydrogens (tertiary/aromatic N) is 3. The van der Waals surface area contributed by atoms with Crippen molar-refractivity contribution in [2.24, 2.45) is 0 Å². The first-order valence-corrected chi connectivity index (χ1v) is 5.07. The predicted molar refractivity (Wildman–Crippen MR) is 65.3 cm³/mol. The molecule has 7 nitrogen and oxygen atoms in total. The molecule has 0 bridgehead atoms. The third-order valence-electron chi connectivity index (χ3n) is 2.22. The molecule has 2 rings (SSSR count). The predicted octanol–water partition coefficient (Wildman–Crippen LogP) is 0.984. The lowest BCUT2D eigenvalue weighted by Crippen LogP contribution is -2.09. The zero-order valence-electron chi connectivity index (χ0n) is 9.62. The lowest BCUT2D eigenvalue weighted by Gasteiger charge is -2.10. The molecule has 2 heterocycles. The van der Waals surface area contributed by atoms with E-state index < -0.39 is 5.97 Å². The molecule has 0 saturated heterocycles. The Kier molecular flexibility index (Phi) is 3.33. The van der Waals surface area contributed by atoms with Crippen molar-refractivity contribution in [3.63, 3.8) is 0 Å². The largest absolute Gasteiger partial charge is 0.465 e. The Labute approximate surface area is 103 Å². The quantitative estimate of drug-likeness (QED) is 0.777. The molecule has 2 aromatic rings. The highest BCUT2D eigenvalue weighted by Gasteiger charge is 2.13. The van der Waals surface area contributed by atoms with Crippen LogP contribution in [0.15, 0.2) is 31.0 Å². The summed E-state index contributed by atoms with van der Waals surface area (Å²) in [6, 6.07) is 1.49. The van der Waals surface area contributed by atoms with Crippen LogP contribution in [0.3, 0.4) is 0 Å². The number of carbonyl (C=O) groups is 1.